The third-order valence-corrected chi connectivity index (χ3v) is 5.13. The van der Waals surface area contributed by atoms with Gasteiger partial charge in [0.25, 0.3) is 0 Å². The Kier molecular flexibility index (Phi) is 3.21. The Morgan fingerprint density at radius 1 is 1.39 bits per heavy atom. The summed E-state index contributed by atoms with van der Waals surface area (Å²) in [6, 6.07) is 4.22. The van der Waals surface area contributed by atoms with Crippen molar-refractivity contribution in [3.05, 3.63) is 49.6 Å². The molecule has 0 radical (unpaired) electrons. The van der Waals surface area contributed by atoms with Crippen LogP contribution in [0.5, 0.6) is 0 Å². The normalized spacial score (nSPS) is 15.7. The predicted molar refractivity (Wildman–Crippen MR) is 74.3 cm³/mol. The summed E-state index contributed by atoms with van der Waals surface area (Å²) in [5.74, 6) is -0.271. The van der Waals surface area contributed by atoms with E-state index < -0.39 is 0 Å². The second-order valence-corrected chi connectivity index (χ2v) is 6.39. The van der Waals surface area contributed by atoms with Gasteiger partial charge in [-0.1, -0.05) is 15.9 Å². The Hall–Kier alpha value is -0.780. The van der Waals surface area contributed by atoms with E-state index in [-0.39, 0.29) is 11.9 Å². The largest absolute Gasteiger partial charge is 0.318 e. The quantitative estimate of drug-likeness (QED) is 0.916. The number of aryl methyl sites for hydroxylation is 2. The van der Waals surface area contributed by atoms with E-state index in [0.717, 1.165) is 27.9 Å². The number of hydrogen-bond acceptors (Lipinski definition) is 3. The Bertz CT molecular complexity index is 575. The van der Waals surface area contributed by atoms with Crippen molar-refractivity contribution in [1.82, 2.24) is 4.98 Å². The number of nitrogens with zero attached hydrogens (tertiary/aromatic N) is 1. The fraction of sp³-hybridized carbons (Fsp3) is 0.308. The Morgan fingerprint density at radius 2 is 2.22 bits per heavy atom. The number of fused-ring (bicyclic) bond motifs is 1. The molecule has 0 spiro atoms. The van der Waals surface area contributed by atoms with Crippen LogP contribution in [-0.2, 0) is 12.8 Å². The smallest absolute Gasteiger partial charge is 0.123 e. The monoisotopic (exact) mass is 326 g/mol. The standard InChI is InChI=1S/C13H12BrFN2S/c14-9-5-4-7(15)6-8(9)12(16)13-17-10-2-1-3-11(10)18-13/h4-6,12H,1-3,16H2. The molecule has 0 aliphatic heterocycles. The second kappa shape index (κ2) is 4.72. The average molecular weight is 327 g/mol. The first-order valence-corrected chi connectivity index (χ1v) is 7.45. The molecule has 0 saturated carbocycles. The first-order valence-electron chi connectivity index (χ1n) is 5.84. The number of thiazole rings is 1. The lowest BCUT2D eigenvalue weighted by molar-refractivity contribution is 0.623. The van der Waals surface area contributed by atoms with Crippen LogP contribution in [0, 0.1) is 5.82 Å². The maximum atomic E-state index is 13.3. The summed E-state index contributed by atoms with van der Waals surface area (Å²) in [6.07, 6.45) is 3.33. The van der Waals surface area contributed by atoms with E-state index in [1.165, 1.54) is 29.1 Å². The Labute approximate surface area is 117 Å². The second-order valence-electron chi connectivity index (χ2n) is 4.42. The topological polar surface area (TPSA) is 38.9 Å². The molecule has 0 fully saturated rings. The lowest BCUT2D eigenvalue weighted by atomic mass is 10.1. The fourth-order valence-electron chi connectivity index (χ4n) is 2.23. The van der Waals surface area contributed by atoms with E-state index in [1.54, 1.807) is 17.4 Å². The summed E-state index contributed by atoms with van der Waals surface area (Å²) in [5, 5.41) is 0.881. The van der Waals surface area contributed by atoms with Gasteiger partial charge in [0, 0.05) is 9.35 Å². The lowest BCUT2D eigenvalue weighted by Gasteiger charge is -2.11. The minimum absolute atomic E-state index is 0.271. The molecular weight excluding hydrogens is 315 g/mol. The van der Waals surface area contributed by atoms with Gasteiger partial charge >= 0.3 is 0 Å². The zero-order valence-electron chi connectivity index (χ0n) is 9.62. The molecule has 1 unspecified atom stereocenters. The van der Waals surface area contributed by atoms with Gasteiger partial charge in [0.05, 0.1) is 11.7 Å². The van der Waals surface area contributed by atoms with Crippen LogP contribution in [0.2, 0.25) is 0 Å². The number of benzene rings is 1. The molecule has 1 aliphatic carbocycles. The summed E-state index contributed by atoms with van der Waals surface area (Å²) >= 11 is 5.07. The lowest BCUT2D eigenvalue weighted by Crippen LogP contribution is -2.12. The van der Waals surface area contributed by atoms with Crippen molar-refractivity contribution in [2.75, 3.05) is 0 Å². The first kappa shape index (κ1) is 12.3. The van der Waals surface area contributed by atoms with Gasteiger partial charge in [-0.2, -0.15) is 0 Å². The summed E-state index contributed by atoms with van der Waals surface area (Å²) < 4.78 is 14.1. The minimum atomic E-state index is -0.356. The molecule has 0 bridgehead atoms. The van der Waals surface area contributed by atoms with Gasteiger partial charge in [0.2, 0.25) is 0 Å². The molecule has 1 atom stereocenters. The van der Waals surface area contributed by atoms with Gasteiger partial charge < -0.3 is 5.73 Å². The molecule has 0 amide bonds. The number of aromatic nitrogens is 1. The van der Waals surface area contributed by atoms with Crippen molar-refractivity contribution in [2.24, 2.45) is 5.73 Å². The van der Waals surface area contributed by atoms with Gasteiger partial charge in [-0.3, -0.25) is 0 Å². The van der Waals surface area contributed by atoms with E-state index >= 15 is 0 Å². The Morgan fingerprint density at radius 3 is 3.00 bits per heavy atom. The molecule has 1 aromatic carbocycles. The highest BCUT2D eigenvalue weighted by atomic mass is 79.9. The molecule has 2 nitrogen and oxygen atoms in total. The molecule has 0 saturated heterocycles. The molecule has 1 aliphatic rings. The molecule has 1 aromatic heterocycles. The van der Waals surface area contributed by atoms with Gasteiger partial charge in [0.15, 0.2) is 0 Å². The van der Waals surface area contributed by atoms with Crippen molar-refractivity contribution in [3.63, 3.8) is 0 Å². The molecule has 2 N–H and O–H groups in total. The highest BCUT2D eigenvalue weighted by molar-refractivity contribution is 9.10. The van der Waals surface area contributed by atoms with Crippen LogP contribution >= 0.6 is 27.3 Å². The summed E-state index contributed by atoms with van der Waals surface area (Å²) in [6.45, 7) is 0. The summed E-state index contributed by atoms with van der Waals surface area (Å²) in [4.78, 5) is 5.93. The molecule has 2 aromatic rings. The van der Waals surface area contributed by atoms with Gasteiger partial charge in [-0.25, -0.2) is 9.37 Å². The molecule has 1 heterocycles. The minimum Gasteiger partial charge on any atom is -0.318 e. The van der Waals surface area contributed by atoms with E-state index in [2.05, 4.69) is 20.9 Å². The maximum Gasteiger partial charge on any atom is 0.123 e. The van der Waals surface area contributed by atoms with Crippen molar-refractivity contribution in [1.29, 1.82) is 0 Å². The predicted octanol–water partition coefficient (Wildman–Crippen LogP) is 3.58. The third kappa shape index (κ3) is 2.11. The number of rotatable bonds is 2. The van der Waals surface area contributed by atoms with Crippen LogP contribution in [0.25, 0.3) is 0 Å². The van der Waals surface area contributed by atoms with Crippen molar-refractivity contribution < 1.29 is 4.39 Å². The third-order valence-electron chi connectivity index (χ3n) is 3.17. The Balaban J connectivity index is 1.98. The zero-order chi connectivity index (χ0) is 12.7. The van der Waals surface area contributed by atoms with E-state index in [0.29, 0.717) is 0 Å². The molecule has 5 heteroatoms. The SMILES string of the molecule is NC(c1nc2c(s1)CCC2)c1cc(F)ccc1Br. The van der Waals surface area contributed by atoms with E-state index in [9.17, 15) is 4.39 Å². The van der Waals surface area contributed by atoms with Crippen molar-refractivity contribution in [2.45, 2.75) is 25.3 Å². The number of hydrogen-bond donors (Lipinski definition) is 1. The van der Waals surface area contributed by atoms with Gasteiger partial charge in [-0.15, -0.1) is 11.3 Å². The summed E-state index contributed by atoms with van der Waals surface area (Å²) in [5.41, 5.74) is 8.13. The highest BCUT2D eigenvalue weighted by Crippen LogP contribution is 2.34. The van der Waals surface area contributed by atoms with Crippen LogP contribution in [0.1, 0.15) is 33.6 Å². The number of halogens is 2. The van der Waals surface area contributed by atoms with Crippen molar-refractivity contribution >= 4 is 27.3 Å². The maximum absolute atomic E-state index is 13.3. The molecule has 18 heavy (non-hydrogen) atoms. The van der Waals surface area contributed by atoms with Crippen molar-refractivity contribution in [3.8, 4) is 0 Å². The number of nitrogens with two attached hydrogens (primary N) is 1. The van der Waals surface area contributed by atoms with E-state index in [1.807, 2.05) is 0 Å². The van der Waals surface area contributed by atoms with Crippen LogP contribution in [0.15, 0.2) is 22.7 Å². The van der Waals surface area contributed by atoms with Gasteiger partial charge in [-0.05, 0) is 43.0 Å². The fourth-order valence-corrected chi connectivity index (χ4v) is 3.90. The van der Waals surface area contributed by atoms with E-state index in [4.69, 9.17) is 5.73 Å². The average Bonchev–Trinajstić information content (AvgIpc) is 2.91. The first-order chi connectivity index (χ1) is 8.65. The summed E-state index contributed by atoms with van der Waals surface area (Å²) in [7, 11) is 0. The zero-order valence-corrected chi connectivity index (χ0v) is 12.0. The van der Waals surface area contributed by atoms with Crippen LogP contribution in [0.4, 0.5) is 4.39 Å². The molecular formula is C13H12BrFN2S. The molecule has 3 rings (SSSR count). The highest BCUT2D eigenvalue weighted by Gasteiger charge is 2.22. The van der Waals surface area contributed by atoms with Crippen LogP contribution in [-0.4, -0.2) is 4.98 Å². The molecule has 94 valence electrons. The van der Waals surface area contributed by atoms with Crippen LogP contribution in [0.3, 0.4) is 0 Å². The van der Waals surface area contributed by atoms with Crippen LogP contribution < -0.4 is 5.73 Å². The van der Waals surface area contributed by atoms with Gasteiger partial charge in [0.1, 0.15) is 10.8 Å².